The number of hydrogen-bond donors (Lipinski definition) is 0. The molecule has 3 atom stereocenters. The molecule has 0 unspecified atom stereocenters. The number of carbonyl (C=O) groups is 1. The van der Waals surface area contributed by atoms with E-state index in [-0.39, 0.29) is 18.0 Å². The van der Waals surface area contributed by atoms with Gasteiger partial charge >= 0.3 is 5.97 Å². The first-order chi connectivity index (χ1) is 15.6. The molecule has 0 fully saturated rings. The minimum absolute atomic E-state index is 0.0963. The third-order valence-electron chi connectivity index (χ3n) is 6.17. The van der Waals surface area contributed by atoms with Gasteiger partial charge in [0.05, 0.1) is 18.8 Å². The minimum Gasteiger partial charge on any atom is -0.469 e. The van der Waals surface area contributed by atoms with Crippen LogP contribution in [0.2, 0.25) is 51.4 Å². The summed E-state index contributed by atoms with van der Waals surface area (Å²) in [5.74, 6) is 0.0570. The molecule has 0 bridgehead atoms. The largest absolute Gasteiger partial charge is 0.469 e. The van der Waals surface area contributed by atoms with Crippen LogP contribution in [0.4, 0.5) is 0 Å². The Morgan fingerprint density at radius 2 is 1.59 bits per heavy atom. The molecule has 0 aliphatic rings. The summed E-state index contributed by atoms with van der Waals surface area (Å²) >= 11 is 0. The Labute approximate surface area is 213 Å². The second-order valence-electron chi connectivity index (χ2n) is 12.2. The van der Waals surface area contributed by atoms with E-state index in [0.29, 0.717) is 19.4 Å². The van der Waals surface area contributed by atoms with E-state index in [0.717, 1.165) is 25.1 Å². The van der Waals surface area contributed by atoms with E-state index in [2.05, 4.69) is 90.4 Å². The Morgan fingerprint density at radius 3 is 2.12 bits per heavy atom. The van der Waals surface area contributed by atoms with Gasteiger partial charge in [-0.25, -0.2) is 0 Å². The maximum Gasteiger partial charge on any atom is 0.305 e. The van der Waals surface area contributed by atoms with Crippen molar-refractivity contribution in [3.63, 3.8) is 0 Å². The number of allylic oxidation sites excluding steroid dienone is 6. The fourth-order valence-electron chi connectivity index (χ4n) is 3.57. The van der Waals surface area contributed by atoms with Gasteiger partial charge in [0.1, 0.15) is 0 Å². The van der Waals surface area contributed by atoms with E-state index >= 15 is 0 Å². The smallest absolute Gasteiger partial charge is 0.305 e. The third-order valence-corrected chi connectivity index (χ3v) is 9.58. The SMILES string of the molecule is C/C=C(C)/C=C/C=C/C[C@H](C)[C@H](OCC[Si](C)(C)C)[C@@](C)(CCC(=O)OC)OCC[Si](C)(C)C. The van der Waals surface area contributed by atoms with Crippen molar-refractivity contribution < 1.29 is 19.0 Å². The lowest BCUT2D eigenvalue weighted by molar-refractivity contribution is -0.161. The lowest BCUT2D eigenvalue weighted by Gasteiger charge is -2.41. The highest BCUT2D eigenvalue weighted by Gasteiger charge is 2.40. The molecule has 34 heavy (non-hydrogen) atoms. The van der Waals surface area contributed by atoms with Crippen molar-refractivity contribution in [1.29, 1.82) is 0 Å². The maximum atomic E-state index is 12.0. The van der Waals surface area contributed by atoms with Crippen molar-refractivity contribution in [2.45, 2.75) is 110 Å². The highest BCUT2D eigenvalue weighted by atomic mass is 28.3. The van der Waals surface area contributed by atoms with Crippen molar-refractivity contribution >= 4 is 22.1 Å². The molecule has 0 saturated carbocycles. The first-order valence-corrected chi connectivity index (χ1v) is 20.3. The summed E-state index contributed by atoms with van der Waals surface area (Å²) in [6.07, 6.45) is 12.3. The molecule has 0 rings (SSSR count). The molecule has 198 valence electrons. The van der Waals surface area contributed by atoms with Crippen LogP contribution < -0.4 is 0 Å². The first kappa shape index (κ1) is 33.0. The van der Waals surface area contributed by atoms with Crippen molar-refractivity contribution in [2.75, 3.05) is 20.3 Å². The summed E-state index contributed by atoms with van der Waals surface area (Å²) in [4.78, 5) is 12.0. The molecule has 0 saturated heterocycles. The van der Waals surface area contributed by atoms with Gasteiger partial charge in [0, 0.05) is 35.8 Å². The monoisotopic (exact) mass is 510 g/mol. The number of esters is 1. The molecule has 0 heterocycles. The standard InChI is InChI=1S/C28H54O4Si2/c1-12-24(2)16-14-13-15-17-25(3)27(31-20-22-33(6,7)8)28(4,19-18-26(29)30-5)32-21-23-34(9,10)11/h12-16,25,27H,17-23H2,1-11H3/b15-13+,16-14+,24-12+/t25-,27-,28+/m0/s1. The van der Waals surface area contributed by atoms with Crippen molar-refractivity contribution in [3.8, 4) is 0 Å². The topological polar surface area (TPSA) is 44.8 Å². The van der Waals surface area contributed by atoms with Crippen LogP contribution in [0.1, 0.15) is 47.0 Å². The maximum absolute atomic E-state index is 12.0. The molecular weight excluding hydrogens is 456 g/mol. The average Bonchev–Trinajstić information content (AvgIpc) is 2.72. The van der Waals surface area contributed by atoms with Crippen LogP contribution in [0.25, 0.3) is 0 Å². The molecular formula is C28H54O4Si2. The number of methoxy groups -OCH3 is 1. The van der Waals surface area contributed by atoms with Crippen LogP contribution in [-0.2, 0) is 19.0 Å². The fourth-order valence-corrected chi connectivity index (χ4v) is 5.02. The zero-order valence-corrected chi connectivity index (χ0v) is 26.1. The Bertz CT molecular complexity index is 671. The van der Waals surface area contributed by atoms with Crippen LogP contribution in [0, 0.1) is 5.92 Å². The summed E-state index contributed by atoms with van der Waals surface area (Å²) in [6, 6.07) is 2.20. The van der Waals surface area contributed by atoms with Crippen LogP contribution in [-0.4, -0.2) is 54.1 Å². The minimum atomic E-state index is -1.24. The summed E-state index contributed by atoms with van der Waals surface area (Å²) in [5, 5.41) is 0. The van der Waals surface area contributed by atoms with Gasteiger partial charge in [0.15, 0.2) is 0 Å². The summed E-state index contributed by atoms with van der Waals surface area (Å²) in [7, 11) is -1.01. The Kier molecular flexibility index (Phi) is 15.5. The van der Waals surface area contributed by atoms with E-state index in [1.807, 2.05) is 6.92 Å². The number of carbonyl (C=O) groups excluding carboxylic acids is 1. The lowest BCUT2D eigenvalue weighted by Crippen LogP contribution is -2.49. The predicted molar refractivity (Wildman–Crippen MR) is 153 cm³/mol. The molecule has 0 amide bonds. The van der Waals surface area contributed by atoms with E-state index < -0.39 is 21.7 Å². The number of rotatable bonds is 17. The van der Waals surface area contributed by atoms with Gasteiger partial charge in [-0.1, -0.05) is 82.2 Å². The molecule has 6 heteroatoms. The van der Waals surface area contributed by atoms with Crippen molar-refractivity contribution in [3.05, 3.63) is 36.0 Å². The second kappa shape index (κ2) is 15.9. The zero-order valence-electron chi connectivity index (χ0n) is 24.1. The summed E-state index contributed by atoms with van der Waals surface area (Å²) in [5.41, 5.74) is 0.703. The molecule has 0 aliphatic heterocycles. The normalized spacial score (nSPS) is 17.2. The molecule has 0 aromatic carbocycles. The first-order valence-electron chi connectivity index (χ1n) is 12.9. The van der Waals surface area contributed by atoms with Crippen molar-refractivity contribution in [2.24, 2.45) is 5.92 Å². The van der Waals surface area contributed by atoms with Gasteiger partial charge in [0.25, 0.3) is 0 Å². The summed E-state index contributed by atoms with van der Waals surface area (Å²) in [6.45, 7) is 24.2. The predicted octanol–water partition coefficient (Wildman–Crippen LogP) is 7.88. The fraction of sp³-hybridized carbons (Fsp3) is 0.750. The van der Waals surface area contributed by atoms with Gasteiger partial charge in [-0.3, -0.25) is 4.79 Å². The van der Waals surface area contributed by atoms with Crippen LogP contribution in [0.15, 0.2) is 36.0 Å². The Balaban J connectivity index is 5.68. The molecule has 0 spiro atoms. The van der Waals surface area contributed by atoms with Crippen molar-refractivity contribution in [1.82, 2.24) is 0 Å². The van der Waals surface area contributed by atoms with Gasteiger partial charge in [-0.05, 0) is 51.6 Å². The van der Waals surface area contributed by atoms with Crippen LogP contribution in [0.3, 0.4) is 0 Å². The molecule has 0 aromatic rings. The summed E-state index contributed by atoms with van der Waals surface area (Å²) < 4.78 is 18.2. The van der Waals surface area contributed by atoms with Gasteiger partial charge in [0.2, 0.25) is 0 Å². The van der Waals surface area contributed by atoms with Crippen LogP contribution in [0.5, 0.6) is 0 Å². The average molecular weight is 511 g/mol. The van der Waals surface area contributed by atoms with Gasteiger partial charge < -0.3 is 14.2 Å². The van der Waals surface area contributed by atoms with Crippen LogP contribution >= 0.6 is 0 Å². The zero-order chi connectivity index (χ0) is 26.4. The van der Waals surface area contributed by atoms with Gasteiger partial charge in [-0.2, -0.15) is 0 Å². The Hall–Kier alpha value is -0.956. The second-order valence-corrected chi connectivity index (χ2v) is 23.4. The van der Waals surface area contributed by atoms with E-state index in [9.17, 15) is 4.79 Å². The molecule has 0 radical (unpaired) electrons. The molecule has 0 aromatic heterocycles. The van der Waals surface area contributed by atoms with E-state index in [1.165, 1.54) is 12.7 Å². The Morgan fingerprint density at radius 1 is 1.00 bits per heavy atom. The highest BCUT2D eigenvalue weighted by molar-refractivity contribution is 6.76. The quantitative estimate of drug-likeness (QED) is 0.113. The van der Waals surface area contributed by atoms with E-state index in [1.54, 1.807) is 0 Å². The number of ether oxygens (including phenoxy) is 3. The van der Waals surface area contributed by atoms with E-state index in [4.69, 9.17) is 14.2 Å². The molecule has 4 nitrogen and oxygen atoms in total. The van der Waals surface area contributed by atoms with Gasteiger partial charge in [-0.15, -0.1) is 0 Å². The highest BCUT2D eigenvalue weighted by Crippen LogP contribution is 2.33. The lowest BCUT2D eigenvalue weighted by atomic mass is 9.83. The molecule has 0 aliphatic carbocycles. The number of hydrogen-bond acceptors (Lipinski definition) is 4. The third kappa shape index (κ3) is 15.9. The molecule has 0 N–H and O–H groups in total.